The number of nitro groups is 1. The van der Waals surface area contributed by atoms with Crippen molar-refractivity contribution in [2.45, 2.75) is 26.3 Å². The van der Waals surface area contributed by atoms with Crippen LogP contribution in [0.5, 0.6) is 0 Å². The second-order valence-electron chi connectivity index (χ2n) is 4.60. The van der Waals surface area contributed by atoms with Gasteiger partial charge in [-0.2, -0.15) is 0 Å². The molecule has 0 aliphatic heterocycles. The summed E-state index contributed by atoms with van der Waals surface area (Å²) < 4.78 is 0.518. The standard InChI is InChI=1S/C13H15IN2O5/c1-3-7(2)11(13(18)19)15-12(17)9-6-8(16(20)21)4-5-10(9)14/h4-7,11H,3H2,1-2H3,(H,15,17)(H,18,19)/t7?,11-/m0/s1. The van der Waals surface area contributed by atoms with Gasteiger partial charge in [-0.3, -0.25) is 14.9 Å². The monoisotopic (exact) mass is 406 g/mol. The van der Waals surface area contributed by atoms with E-state index >= 15 is 0 Å². The first-order chi connectivity index (χ1) is 9.77. The lowest BCUT2D eigenvalue weighted by molar-refractivity contribution is -0.384. The summed E-state index contributed by atoms with van der Waals surface area (Å²) in [6.45, 7) is 3.54. The number of hydrogen-bond acceptors (Lipinski definition) is 4. The van der Waals surface area contributed by atoms with Crippen LogP contribution in [0.4, 0.5) is 5.69 Å². The quantitative estimate of drug-likeness (QED) is 0.429. The van der Waals surface area contributed by atoms with Crippen molar-refractivity contribution in [3.8, 4) is 0 Å². The fraction of sp³-hybridized carbons (Fsp3) is 0.385. The number of carboxylic acid groups (broad SMARTS) is 1. The van der Waals surface area contributed by atoms with Gasteiger partial charge in [-0.05, 0) is 34.6 Å². The van der Waals surface area contributed by atoms with E-state index in [2.05, 4.69) is 5.32 Å². The second kappa shape index (κ2) is 7.34. The minimum absolute atomic E-state index is 0.0966. The number of halogens is 1. The number of nitro benzene ring substituents is 1. The lowest BCUT2D eigenvalue weighted by atomic mass is 9.99. The number of aliphatic carboxylic acids is 1. The predicted octanol–water partition coefficient (Wildman–Crippen LogP) is 2.43. The average Bonchev–Trinajstić information content (AvgIpc) is 2.43. The molecule has 0 heterocycles. The smallest absolute Gasteiger partial charge is 0.326 e. The number of rotatable bonds is 6. The molecule has 0 saturated heterocycles. The van der Waals surface area contributed by atoms with Gasteiger partial charge in [0.2, 0.25) is 0 Å². The summed E-state index contributed by atoms with van der Waals surface area (Å²) in [6.07, 6.45) is 0.587. The van der Waals surface area contributed by atoms with E-state index in [0.717, 1.165) is 6.07 Å². The highest BCUT2D eigenvalue weighted by molar-refractivity contribution is 14.1. The largest absolute Gasteiger partial charge is 0.480 e. The van der Waals surface area contributed by atoms with E-state index in [0.29, 0.717) is 9.99 Å². The molecule has 1 amide bonds. The van der Waals surface area contributed by atoms with E-state index < -0.39 is 22.8 Å². The molecular formula is C13H15IN2O5. The molecule has 0 saturated carbocycles. The molecule has 1 aromatic rings. The summed E-state index contributed by atoms with van der Waals surface area (Å²) in [5.41, 5.74) is -0.115. The molecule has 1 aromatic carbocycles. The molecule has 2 atom stereocenters. The van der Waals surface area contributed by atoms with Gasteiger partial charge in [0, 0.05) is 15.7 Å². The van der Waals surface area contributed by atoms with Gasteiger partial charge in [-0.1, -0.05) is 20.3 Å². The van der Waals surface area contributed by atoms with Crippen molar-refractivity contribution in [3.05, 3.63) is 37.4 Å². The lowest BCUT2D eigenvalue weighted by Crippen LogP contribution is -2.45. The first kappa shape index (κ1) is 17.3. The van der Waals surface area contributed by atoms with Gasteiger partial charge in [-0.25, -0.2) is 4.79 Å². The highest BCUT2D eigenvalue weighted by Gasteiger charge is 2.27. The summed E-state index contributed by atoms with van der Waals surface area (Å²) in [6, 6.07) is 2.86. The number of benzene rings is 1. The van der Waals surface area contributed by atoms with Crippen molar-refractivity contribution in [3.63, 3.8) is 0 Å². The predicted molar refractivity (Wildman–Crippen MR) is 84.2 cm³/mol. The molecule has 0 bridgehead atoms. The Morgan fingerprint density at radius 1 is 1.48 bits per heavy atom. The highest BCUT2D eigenvalue weighted by Crippen LogP contribution is 2.20. The molecule has 114 valence electrons. The third-order valence-corrected chi connectivity index (χ3v) is 4.11. The first-order valence-corrected chi connectivity index (χ1v) is 7.33. The Kier molecular flexibility index (Phi) is 6.06. The van der Waals surface area contributed by atoms with E-state index in [9.17, 15) is 19.7 Å². The molecule has 8 heteroatoms. The van der Waals surface area contributed by atoms with Crippen molar-refractivity contribution < 1.29 is 19.6 Å². The molecule has 21 heavy (non-hydrogen) atoms. The fourth-order valence-corrected chi connectivity index (χ4v) is 2.28. The molecule has 0 aliphatic rings. The summed E-state index contributed by atoms with van der Waals surface area (Å²) in [4.78, 5) is 33.5. The van der Waals surface area contributed by atoms with E-state index in [1.54, 1.807) is 6.92 Å². The van der Waals surface area contributed by atoms with Gasteiger partial charge in [0.05, 0.1) is 10.5 Å². The Bertz CT molecular complexity index is 576. The number of hydrogen-bond donors (Lipinski definition) is 2. The Morgan fingerprint density at radius 3 is 2.57 bits per heavy atom. The van der Waals surface area contributed by atoms with Crippen molar-refractivity contribution in [1.82, 2.24) is 5.32 Å². The number of carbonyl (C=O) groups excluding carboxylic acids is 1. The Morgan fingerprint density at radius 2 is 2.10 bits per heavy atom. The van der Waals surface area contributed by atoms with Gasteiger partial charge in [-0.15, -0.1) is 0 Å². The van der Waals surface area contributed by atoms with Crippen LogP contribution in [0.3, 0.4) is 0 Å². The third kappa shape index (κ3) is 4.38. The van der Waals surface area contributed by atoms with Crippen LogP contribution in [-0.4, -0.2) is 27.9 Å². The van der Waals surface area contributed by atoms with Gasteiger partial charge < -0.3 is 10.4 Å². The summed E-state index contributed by atoms with van der Waals surface area (Å²) in [5.74, 6) is -2.00. The molecule has 0 spiro atoms. The Balaban J connectivity index is 3.05. The van der Waals surface area contributed by atoms with Crippen molar-refractivity contribution in [1.29, 1.82) is 0 Å². The van der Waals surface area contributed by atoms with E-state index in [1.165, 1.54) is 12.1 Å². The van der Waals surface area contributed by atoms with E-state index in [-0.39, 0.29) is 17.2 Å². The maximum absolute atomic E-state index is 12.2. The summed E-state index contributed by atoms with van der Waals surface area (Å²) in [5, 5.41) is 22.3. The van der Waals surface area contributed by atoms with Gasteiger partial charge in [0.25, 0.3) is 11.6 Å². The minimum atomic E-state index is -1.13. The van der Waals surface area contributed by atoms with Crippen LogP contribution in [0, 0.1) is 19.6 Å². The maximum Gasteiger partial charge on any atom is 0.326 e. The topological polar surface area (TPSA) is 110 Å². The number of carboxylic acids is 1. The number of amides is 1. The fourth-order valence-electron chi connectivity index (χ4n) is 1.70. The Labute approximate surface area is 135 Å². The van der Waals surface area contributed by atoms with Crippen molar-refractivity contribution in [2.75, 3.05) is 0 Å². The molecule has 2 N–H and O–H groups in total. The second-order valence-corrected chi connectivity index (χ2v) is 5.76. The van der Waals surface area contributed by atoms with Gasteiger partial charge in [0.1, 0.15) is 6.04 Å². The molecule has 1 rings (SSSR count). The van der Waals surface area contributed by atoms with Crippen LogP contribution in [0.15, 0.2) is 18.2 Å². The Hall–Kier alpha value is -1.71. The highest BCUT2D eigenvalue weighted by atomic mass is 127. The number of nitrogens with zero attached hydrogens (tertiary/aromatic N) is 1. The van der Waals surface area contributed by atoms with E-state index in [1.807, 2.05) is 29.5 Å². The van der Waals surface area contributed by atoms with Crippen LogP contribution in [0.25, 0.3) is 0 Å². The molecule has 0 radical (unpaired) electrons. The van der Waals surface area contributed by atoms with Crippen LogP contribution in [-0.2, 0) is 4.79 Å². The van der Waals surface area contributed by atoms with Crippen LogP contribution in [0.1, 0.15) is 30.6 Å². The zero-order chi connectivity index (χ0) is 16.2. The first-order valence-electron chi connectivity index (χ1n) is 6.25. The summed E-state index contributed by atoms with van der Waals surface area (Å²) >= 11 is 1.88. The average molecular weight is 406 g/mol. The zero-order valence-corrected chi connectivity index (χ0v) is 13.7. The van der Waals surface area contributed by atoms with Crippen molar-refractivity contribution in [2.24, 2.45) is 5.92 Å². The molecule has 0 aromatic heterocycles. The molecule has 0 fully saturated rings. The zero-order valence-electron chi connectivity index (χ0n) is 11.5. The van der Waals surface area contributed by atoms with Crippen LogP contribution >= 0.6 is 22.6 Å². The molecule has 7 nitrogen and oxygen atoms in total. The van der Waals surface area contributed by atoms with Crippen molar-refractivity contribution >= 4 is 40.2 Å². The van der Waals surface area contributed by atoms with Gasteiger partial charge in [0.15, 0.2) is 0 Å². The number of nitrogens with one attached hydrogen (secondary N) is 1. The minimum Gasteiger partial charge on any atom is -0.480 e. The molecule has 0 aliphatic carbocycles. The van der Waals surface area contributed by atoms with E-state index in [4.69, 9.17) is 5.11 Å². The number of carbonyl (C=O) groups is 2. The molecule has 1 unspecified atom stereocenters. The third-order valence-electron chi connectivity index (χ3n) is 3.17. The normalized spacial score (nSPS) is 13.3. The van der Waals surface area contributed by atoms with Gasteiger partial charge >= 0.3 is 5.97 Å². The van der Waals surface area contributed by atoms with Crippen LogP contribution < -0.4 is 5.32 Å². The molecular weight excluding hydrogens is 391 g/mol. The number of non-ortho nitro benzene ring substituents is 1. The lowest BCUT2D eigenvalue weighted by Gasteiger charge is -2.20. The maximum atomic E-state index is 12.2. The SMILES string of the molecule is CCC(C)[C@H](NC(=O)c1cc([N+](=O)[O-])ccc1I)C(=O)O. The summed E-state index contributed by atoms with van der Waals surface area (Å²) in [7, 11) is 0. The van der Waals surface area contributed by atoms with Crippen LogP contribution in [0.2, 0.25) is 0 Å².